The minimum atomic E-state index is 0.184. The van der Waals surface area contributed by atoms with Gasteiger partial charge in [0.05, 0.1) is 0 Å². The van der Waals surface area contributed by atoms with Crippen molar-refractivity contribution in [3.63, 3.8) is 0 Å². The predicted octanol–water partition coefficient (Wildman–Crippen LogP) is 3.11. The van der Waals surface area contributed by atoms with E-state index in [4.69, 9.17) is 0 Å². The maximum atomic E-state index is 12.3. The Kier molecular flexibility index (Phi) is 3.51. The van der Waals surface area contributed by atoms with Crippen LogP contribution < -0.4 is 0 Å². The Morgan fingerprint density at radius 3 is 2.18 bits per heavy atom. The molecule has 1 saturated heterocycles. The van der Waals surface area contributed by atoms with E-state index >= 15 is 0 Å². The number of rotatable bonds is 1. The van der Waals surface area contributed by atoms with Gasteiger partial charge in [-0.15, -0.1) is 0 Å². The van der Waals surface area contributed by atoms with E-state index in [0.717, 1.165) is 18.7 Å². The van der Waals surface area contributed by atoms with Crippen molar-refractivity contribution in [1.29, 1.82) is 0 Å². The van der Waals surface area contributed by atoms with Gasteiger partial charge in [0, 0.05) is 18.7 Å². The van der Waals surface area contributed by atoms with Crippen LogP contribution in [0.1, 0.15) is 36.2 Å². The third-order valence-corrected chi connectivity index (χ3v) is 3.45. The number of likely N-dealkylation sites (tertiary alicyclic amines) is 1. The minimum Gasteiger partial charge on any atom is -0.338 e. The molecular weight excluding hydrogens is 210 g/mol. The third kappa shape index (κ3) is 2.87. The molecule has 1 aromatic rings. The molecule has 0 aliphatic carbocycles. The average Bonchev–Trinajstić information content (AvgIpc) is 2.28. The molecule has 0 aromatic heterocycles. The van der Waals surface area contributed by atoms with Gasteiger partial charge in [0.15, 0.2) is 0 Å². The summed E-state index contributed by atoms with van der Waals surface area (Å²) in [6, 6.07) is 7.87. The minimum absolute atomic E-state index is 0.184. The molecule has 1 amide bonds. The van der Waals surface area contributed by atoms with E-state index in [1.165, 1.54) is 12.0 Å². The molecule has 0 N–H and O–H groups in total. The molecule has 2 nitrogen and oxygen atoms in total. The molecule has 1 aliphatic rings. The summed E-state index contributed by atoms with van der Waals surface area (Å²) < 4.78 is 0. The fourth-order valence-electron chi connectivity index (χ4n) is 2.71. The highest BCUT2D eigenvalue weighted by Crippen LogP contribution is 2.22. The van der Waals surface area contributed by atoms with Gasteiger partial charge in [-0.1, -0.05) is 31.5 Å². The summed E-state index contributed by atoms with van der Waals surface area (Å²) in [6.45, 7) is 8.30. The standard InChI is InChI=1S/C15H21NO/c1-11-4-6-14(7-5-11)15(17)16-9-12(2)8-13(3)10-16/h4-7,12-13H,8-10H2,1-3H3/t12-,13-/m1/s1. The zero-order valence-corrected chi connectivity index (χ0v) is 10.9. The fourth-order valence-corrected chi connectivity index (χ4v) is 2.71. The lowest BCUT2D eigenvalue weighted by atomic mass is 9.91. The normalized spacial score (nSPS) is 24.8. The first kappa shape index (κ1) is 12.2. The van der Waals surface area contributed by atoms with Crippen LogP contribution in [0.5, 0.6) is 0 Å². The van der Waals surface area contributed by atoms with Gasteiger partial charge in [-0.2, -0.15) is 0 Å². The molecule has 92 valence electrons. The quantitative estimate of drug-likeness (QED) is 0.727. The Hall–Kier alpha value is -1.31. The van der Waals surface area contributed by atoms with Crippen molar-refractivity contribution in [1.82, 2.24) is 4.90 Å². The van der Waals surface area contributed by atoms with E-state index in [1.54, 1.807) is 0 Å². The smallest absolute Gasteiger partial charge is 0.253 e. The molecule has 2 atom stereocenters. The fraction of sp³-hybridized carbons (Fsp3) is 0.533. The summed E-state index contributed by atoms with van der Waals surface area (Å²) in [6.07, 6.45) is 1.23. The van der Waals surface area contributed by atoms with Gasteiger partial charge in [0.2, 0.25) is 0 Å². The van der Waals surface area contributed by atoms with Crippen LogP contribution in [-0.2, 0) is 0 Å². The molecule has 0 spiro atoms. The van der Waals surface area contributed by atoms with Gasteiger partial charge in [-0.3, -0.25) is 4.79 Å². The van der Waals surface area contributed by atoms with Crippen LogP contribution in [0.3, 0.4) is 0 Å². The highest BCUT2D eigenvalue weighted by molar-refractivity contribution is 5.94. The highest BCUT2D eigenvalue weighted by atomic mass is 16.2. The first-order valence-electron chi connectivity index (χ1n) is 6.42. The number of benzene rings is 1. The lowest BCUT2D eigenvalue weighted by Crippen LogP contribution is -2.42. The first-order valence-corrected chi connectivity index (χ1v) is 6.42. The maximum Gasteiger partial charge on any atom is 0.253 e. The number of hydrogen-bond donors (Lipinski definition) is 0. The van der Waals surface area contributed by atoms with Gasteiger partial charge < -0.3 is 4.90 Å². The van der Waals surface area contributed by atoms with Crippen molar-refractivity contribution in [2.75, 3.05) is 13.1 Å². The number of amides is 1. The van der Waals surface area contributed by atoms with Crippen LogP contribution in [0, 0.1) is 18.8 Å². The number of carbonyl (C=O) groups excluding carboxylic acids is 1. The van der Waals surface area contributed by atoms with Gasteiger partial charge in [-0.25, -0.2) is 0 Å². The van der Waals surface area contributed by atoms with Crippen molar-refractivity contribution >= 4 is 5.91 Å². The summed E-state index contributed by atoms with van der Waals surface area (Å²) in [7, 11) is 0. The van der Waals surface area contributed by atoms with E-state index in [2.05, 4.69) is 13.8 Å². The molecule has 2 rings (SSSR count). The van der Waals surface area contributed by atoms with Gasteiger partial charge in [0.25, 0.3) is 5.91 Å². The van der Waals surface area contributed by atoms with E-state index in [1.807, 2.05) is 36.1 Å². The van der Waals surface area contributed by atoms with Crippen molar-refractivity contribution in [3.05, 3.63) is 35.4 Å². The van der Waals surface area contributed by atoms with Crippen LogP contribution in [0.4, 0.5) is 0 Å². The van der Waals surface area contributed by atoms with E-state index in [0.29, 0.717) is 11.8 Å². The van der Waals surface area contributed by atoms with Gasteiger partial charge in [0.1, 0.15) is 0 Å². The van der Waals surface area contributed by atoms with E-state index < -0.39 is 0 Å². The largest absolute Gasteiger partial charge is 0.338 e. The molecule has 0 saturated carbocycles. The van der Waals surface area contributed by atoms with E-state index in [9.17, 15) is 4.79 Å². The summed E-state index contributed by atoms with van der Waals surface area (Å²) >= 11 is 0. The molecule has 1 fully saturated rings. The van der Waals surface area contributed by atoms with Crippen molar-refractivity contribution in [3.8, 4) is 0 Å². The Morgan fingerprint density at radius 1 is 1.12 bits per heavy atom. The number of hydrogen-bond acceptors (Lipinski definition) is 1. The molecule has 2 heteroatoms. The van der Waals surface area contributed by atoms with Crippen LogP contribution in [-0.4, -0.2) is 23.9 Å². The first-order chi connectivity index (χ1) is 8.06. The Bertz CT molecular complexity index is 386. The second-order valence-electron chi connectivity index (χ2n) is 5.52. The lowest BCUT2D eigenvalue weighted by Gasteiger charge is -2.35. The SMILES string of the molecule is Cc1ccc(C(=O)N2C[C@H](C)C[C@@H](C)C2)cc1. The summed E-state index contributed by atoms with van der Waals surface area (Å²) in [4.78, 5) is 14.3. The molecular formula is C15H21NO. The molecule has 0 bridgehead atoms. The number of nitrogens with zero attached hydrogens (tertiary/aromatic N) is 1. The highest BCUT2D eigenvalue weighted by Gasteiger charge is 2.25. The second-order valence-corrected chi connectivity index (χ2v) is 5.52. The summed E-state index contributed by atoms with van der Waals surface area (Å²) in [5, 5.41) is 0. The number of aryl methyl sites for hydroxylation is 1. The zero-order valence-electron chi connectivity index (χ0n) is 10.9. The lowest BCUT2D eigenvalue weighted by molar-refractivity contribution is 0.0623. The average molecular weight is 231 g/mol. The van der Waals surface area contributed by atoms with Crippen LogP contribution >= 0.6 is 0 Å². The predicted molar refractivity (Wildman–Crippen MR) is 70.0 cm³/mol. The summed E-state index contributed by atoms with van der Waals surface area (Å²) in [5.74, 6) is 1.42. The molecule has 17 heavy (non-hydrogen) atoms. The number of piperidine rings is 1. The van der Waals surface area contributed by atoms with Gasteiger partial charge >= 0.3 is 0 Å². The Labute approximate surface area is 104 Å². The van der Waals surface area contributed by atoms with E-state index in [-0.39, 0.29) is 5.91 Å². The molecule has 1 aliphatic heterocycles. The van der Waals surface area contributed by atoms with Crippen molar-refractivity contribution in [2.24, 2.45) is 11.8 Å². The zero-order chi connectivity index (χ0) is 12.4. The third-order valence-electron chi connectivity index (χ3n) is 3.45. The summed E-state index contributed by atoms with van der Waals surface area (Å²) in [5.41, 5.74) is 2.01. The monoisotopic (exact) mass is 231 g/mol. The van der Waals surface area contributed by atoms with Crippen LogP contribution in [0.25, 0.3) is 0 Å². The van der Waals surface area contributed by atoms with Crippen molar-refractivity contribution < 1.29 is 4.79 Å². The molecule has 0 radical (unpaired) electrons. The maximum absolute atomic E-state index is 12.3. The molecule has 1 heterocycles. The second kappa shape index (κ2) is 4.91. The van der Waals surface area contributed by atoms with Crippen LogP contribution in [0.2, 0.25) is 0 Å². The van der Waals surface area contributed by atoms with Crippen molar-refractivity contribution in [2.45, 2.75) is 27.2 Å². The van der Waals surface area contributed by atoms with Crippen LogP contribution in [0.15, 0.2) is 24.3 Å². The molecule has 1 aromatic carbocycles. The topological polar surface area (TPSA) is 20.3 Å². The van der Waals surface area contributed by atoms with Gasteiger partial charge in [-0.05, 0) is 37.3 Å². The molecule has 0 unspecified atom stereocenters. The Morgan fingerprint density at radius 2 is 1.65 bits per heavy atom. The number of carbonyl (C=O) groups is 1. The Balaban J connectivity index is 2.11.